The van der Waals surface area contributed by atoms with Gasteiger partial charge >= 0.3 is 5.97 Å². The summed E-state index contributed by atoms with van der Waals surface area (Å²) in [6.07, 6.45) is 4.00. The summed E-state index contributed by atoms with van der Waals surface area (Å²) in [6, 6.07) is 0. The van der Waals surface area contributed by atoms with Crippen LogP contribution >= 0.6 is 11.8 Å². The summed E-state index contributed by atoms with van der Waals surface area (Å²) in [5, 5.41) is 13.1. The first-order chi connectivity index (χ1) is 9.01. The van der Waals surface area contributed by atoms with Crippen LogP contribution in [0.2, 0.25) is 0 Å². The number of aliphatic carboxylic acids is 1. The molecule has 2 rings (SSSR count). The van der Waals surface area contributed by atoms with Gasteiger partial charge in [0.05, 0.1) is 12.2 Å². The first-order valence-corrected chi connectivity index (χ1v) is 7.82. The quantitative estimate of drug-likeness (QED) is 0.793. The number of carboxylic acids is 1. The highest BCUT2D eigenvalue weighted by Crippen LogP contribution is 2.51. The molecule has 1 heterocycles. The lowest BCUT2D eigenvalue weighted by atomic mass is 10.1. The van der Waals surface area contributed by atoms with Crippen molar-refractivity contribution in [3.63, 3.8) is 0 Å². The second kappa shape index (κ2) is 5.94. The minimum atomic E-state index is -0.680. The predicted octanol–water partition coefficient (Wildman–Crippen LogP) is 2.42. The SMILES string of the molecule is CC(C)Cn1ncnc1CSCC1(CC(=O)O)CC1. The zero-order valence-electron chi connectivity index (χ0n) is 11.5. The summed E-state index contributed by atoms with van der Waals surface area (Å²) in [5.41, 5.74) is 0.0550. The van der Waals surface area contributed by atoms with Crippen LogP contribution in [0.1, 0.15) is 38.9 Å². The van der Waals surface area contributed by atoms with Gasteiger partial charge in [0.1, 0.15) is 12.2 Å². The van der Waals surface area contributed by atoms with Crippen LogP contribution in [0, 0.1) is 11.3 Å². The third-order valence-corrected chi connectivity index (χ3v) is 4.64. The van der Waals surface area contributed by atoms with Gasteiger partial charge in [-0.25, -0.2) is 9.67 Å². The molecule has 1 aromatic rings. The number of aromatic nitrogens is 3. The number of rotatable bonds is 8. The Morgan fingerprint density at radius 3 is 2.89 bits per heavy atom. The number of carboxylic acid groups (broad SMARTS) is 1. The Morgan fingerprint density at radius 1 is 1.58 bits per heavy atom. The summed E-state index contributed by atoms with van der Waals surface area (Å²) in [7, 11) is 0. The average molecular weight is 283 g/mol. The van der Waals surface area contributed by atoms with Crippen molar-refractivity contribution in [2.45, 2.75) is 45.4 Å². The van der Waals surface area contributed by atoms with E-state index in [-0.39, 0.29) is 5.41 Å². The van der Waals surface area contributed by atoms with Gasteiger partial charge in [-0.05, 0) is 29.9 Å². The molecule has 0 spiro atoms. The minimum absolute atomic E-state index is 0.0550. The van der Waals surface area contributed by atoms with Gasteiger partial charge in [-0.2, -0.15) is 16.9 Å². The second-order valence-corrected chi connectivity index (χ2v) is 6.80. The summed E-state index contributed by atoms with van der Waals surface area (Å²) in [6.45, 7) is 5.20. The van der Waals surface area contributed by atoms with Gasteiger partial charge in [-0.3, -0.25) is 4.79 Å². The highest BCUT2D eigenvalue weighted by molar-refractivity contribution is 7.98. The topological polar surface area (TPSA) is 68.0 Å². The van der Waals surface area contributed by atoms with Crippen molar-refractivity contribution >= 4 is 17.7 Å². The number of hydrogen-bond acceptors (Lipinski definition) is 4. The minimum Gasteiger partial charge on any atom is -0.481 e. The van der Waals surface area contributed by atoms with E-state index >= 15 is 0 Å². The summed E-state index contributed by atoms with van der Waals surface area (Å²) >= 11 is 1.78. The lowest BCUT2D eigenvalue weighted by molar-refractivity contribution is -0.138. The smallest absolute Gasteiger partial charge is 0.303 e. The Kier molecular flexibility index (Phi) is 4.50. The first-order valence-electron chi connectivity index (χ1n) is 6.67. The van der Waals surface area contributed by atoms with Crippen molar-refractivity contribution < 1.29 is 9.90 Å². The molecule has 0 aliphatic heterocycles. The van der Waals surface area contributed by atoms with Crippen LogP contribution in [-0.4, -0.2) is 31.6 Å². The van der Waals surface area contributed by atoms with Crippen molar-refractivity contribution in [1.29, 1.82) is 0 Å². The Hall–Kier alpha value is -1.04. The lowest BCUT2D eigenvalue weighted by Gasteiger charge is -2.12. The molecular weight excluding hydrogens is 262 g/mol. The van der Waals surface area contributed by atoms with Gasteiger partial charge in [0.25, 0.3) is 0 Å². The van der Waals surface area contributed by atoms with E-state index in [0.717, 1.165) is 36.7 Å². The molecular formula is C13H21N3O2S. The molecule has 19 heavy (non-hydrogen) atoms. The van der Waals surface area contributed by atoms with Gasteiger partial charge in [-0.15, -0.1) is 0 Å². The Morgan fingerprint density at radius 2 is 2.32 bits per heavy atom. The molecule has 1 N–H and O–H groups in total. The number of nitrogens with zero attached hydrogens (tertiary/aromatic N) is 3. The van der Waals surface area contributed by atoms with E-state index in [0.29, 0.717) is 12.3 Å². The van der Waals surface area contributed by atoms with E-state index in [1.165, 1.54) is 0 Å². The van der Waals surface area contributed by atoms with E-state index in [1.807, 2.05) is 4.68 Å². The molecule has 0 bridgehead atoms. The van der Waals surface area contributed by atoms with Crippen LogP contribution in [0.15, 0.2) is 6.33 Å². The largest absolute Gasteiger partial charge is 0.481 e. The third-order valence-electron chi connectivity index (χ3n) is 3.36. The molecule has 5 nitrogen and oxygen atoms in total. The third kappa shape index (κ3) is 4.23. The van der Waals surface area contributed by atoms with Crippen molar-refractivity contribution in [2.75, 3.05) is 5.75 Å². The maximum Gasteiger partial charge on any atom is 0.303 e. The van der Waals surface area contributed by atoms with Crippen LogP contribution in [0.4, 0.5) is 0 Å². The standard InChI is InChI=1S/C13H21N3O2S/c1-10(2)6-16-11(14-9-15-16)7-19-8-13(3-4-13)5-12(17)18/h9-10H,3-8H2,1-2H3,(H,17,18). The number of thioether (sulfide) groups is 1. The molecule has 0 saturated heterocycles. The van der Waals surface area contributed by atoms with Crippen LogP contribution < -0.4 is 0 Å². The van der Waals surface area contributed by atoms with Gasteiger partial charge < -0.3 is 5.11 Å². The van der Waals surface area contributed by atoms with Crippen LogP contribution in [0.25, 0.3) is 0 Å². The second-order valence-electron chi connectivity index (χ2n) is 5.82. The zero-order valence-corrected chi connectivity index (χ0v) is 12.3. The monoisotopic (exact) mass is 283 g/mol. The average Bonchev–Trinajstić information content (AvgIpc) is 2.90. The highest BCUT2D eigenvalue weighted by Gasteiger charge is 2.44. The van der Waals surface area contributed by atoms with Gasteiger partial charge in [0.2, 0.25) is 0 Å². The molecule has 0 unspecified atom stereocenters. The molecule has 0 atom stereocenters. The summed E-state index contributed by atoms with van der Waals surface area (Å²) in [5.74, 6) is 2.58. The van der Waals surface area contributed by atoms with E-state index in [1.54, 1.807) is 18.1 Å². The van der Waals surface area contributed by atoms with Gasteiger partial charge in [0.15, 0.2) is 0 Å². The Balaban J connectivity index is 1.80. The van der Waals surface area contributed by atoms with Crippen LogP contribution in [0.3, 0.4) is 0 Å². The van der Waals surface area contributed by atoms with Crippen LogP contribution in [-0.2, 0) is 17.1 Å². The fraction of sp³-hybridized carbons (Fsp3) is 0.769. The van der Waals surface area contributed by atoms with Crippen molar-refractivity contribution in [1.82, 2.24) is 14.8 Å². The molecule has 6 heteroatoms. The molecule has 1 saturated carbocycles. The van der Waals surface area contributed by atoms with Crippen LogP contribution in [0.5, 0.6) is 0 Å². The van der Waals surface area contributed by atoms with Crippen molar-refractivity contribution in [2.24, 2.45) is 11.3 Å². The van der Waals surface area contributed by atoms with E-state index in [4.69, 9.17) is 5.11 Å². The van der Waals surface area contributed by atoms with Gasteiger partial charge in [-0.1, -0.05) is 13.8 Å². The molecule has 0 amide bonds. The summed E-state index contributed by atoms with van der Waals surface area (Å²) in [4.78, 5) is 15.1. The number of hydrogen-bond donors (Lipinski definition) is 1. The Labute approximate surface area is 117 Å². The summed E-state index contributed by atoms with van der Waals surface area (Å²) < 4.78 is 1.95. The molecule has 0 aromatic carbocycles. The maximum absolute atomic E-state index is 10.8. The molecule has 1 aliphatic carbocycles. The molecule has 1 aliphatic rings. The van der Waals surface area contributed by atoms with E-state index in [9.17, 15) is 4.79 Å². The Bertz CT molecular complexity index is 441. The molecule has 1 fully saturated rings. The number of carbonyl (C=O) groups is 1. The maximum atomic E-state index is 10.8. The normalized spacial score (nSPS) is 16.8. The molecule has 0 radical (unpaired) electrons. The van der Waals surface area contributed by atoms with E-state index in [2.05, 4.69) is 23.9 Å². The molecule has 106 valence electrons. The van der Waals surface area contributed by atoms with Crippen molar-refractivity contribution in [3.8, 4) is 0 Å². The fourth-order valence-electron chi connectivity index (χ4n) is 2.13. The fourth-order valence-corrected chi connectivity index (χ4v) is 3.46. The van der Waals surface area contributed by atoms with E-state index < -0.39 is 5.97 Å². The van der Waals surface area contributed by atoms with Gasteiger partial charge in [0, 0.05) is 6.54 Å². The lowest BCUT2D eigenvalue weighted by Crippen LogP contribution is -2.12. The zero-order chi connectivity index (χ0) is 13.9. The predicted molar refractivity (Wildman–Crippen MR) is 74.9 cm³/mol. The first kappa shape index (κ1) is 14.4. The van der Waals surface area contributed by atoms with Crippen molar-refractivity contribution in [3.05, 3.63) is 12.2 Å². The molecule has 1 aromatic heterocycles. The highest BCUT2D eigenvalue weighted by atomic mass is 32.2.